The molecule has 140 valence electrons. The molecule has 2 aromatic rings. The molecule has 0 saturated carbocycles. The molecule has 2 heterocycles. The first kappa shape index (κ1) is 17.3. The van der Waals surface area contributed by atoms with Gasteiger partial charge in [-0.15, -0.1) is 0 Å². The highest BCUT2D eigenvalue weighted by Gasteiger charge is 2.56. The molecule has 4 rings (SSSR count). The van der Waals surface area contributed by atoms with Gasteiger partial charge in [-0.1, -0.05) is 17.3 Å². The summed E-state index contributed by atoms with van der Waals surface area (Å²) in [6.07, 6.45) is -1.18. The Hall–Kier alpha value is -4.15. The number of fused-ring (bicyclic) bond motifs is 1. The van der Waals surface area contributed by atoms with E-state index >= 15 is 0 Å². The zero-order valence-electron chi connectivity index (χ0n) is 13.9. The molecule has 2 atom stereocenters. The summed E-state index contributed by atoms with van der Waals surface area (Å²) in [5, 5.41) is 25.5. The lowest BCUT2D eigenvalue weighted by molar-refractivity contribution is -0.385. The number of amides is 2. The molecular weight excluding hydrogens is 372 g/mol. The van der Waals surface area contributed by atoms with E-state index in [2.05, 4.69) is 5.16 Å². The van der Waals surface area contributed by atoms with Gasteiger partial charge in [-0.25, -0.2) is 4.90 Å². The molecule has 11 nitrogen and oxygen atoms in total. The van der Waals surface area contributed by atoms with Crippen LogP contribution in [0.15, 0.2) is 53.7 Å². The molecular formula is C17H10N4O7. The number of nitro groups is 2. The van der Waals surface area contributed by atoms with E-state index in [1.165, 1.54) is 48.5 Å². The highest BCUT2D eigenvalue weighted by molar-refractivity contribution is 6.32. The van der Waals surface area contributed by atoms with Gasteiger partial charge in [-0.2, -0.15) is 0 Å². The number of carbonyl (C=O) groups excluding carboxylic acids is 2. The quantitative estimate of drug-likeness (QED) is 0.445. The van der Waals surface area contributed by atoms with Crippen LogP contribution in [0.4, 0.5) is 17.1 Å². The summed E-state index contributed by atoms with van der Waals surface area (Å²) >= 11 is 0. The van der Waals surface area contributed by atoms with Crippen LogP contribution in [0.1, 0.15) is 5.56 Å². The van der Waals surface area contributed by atoms with E-state index in [4.69, 9.17) is 4.84 Å². The van der Waals surface area contributed by atoms with E-state index in [-0.39, 0.29) is 22.8 Å². The Balaban J connectivity index is 1.67. The molecule has 0 radical (unpaired) electrons. The van der Waals surface area contributed by atoms with Gasteiger partial charge in [0.05, 0.1) is 15.5 Å². The third-order valence-electron chi connectivity index (χ3n) is 4.48. The second-order valence-electron chi connectivity index (χ2n) is 6.07. The smallest absolute Gasteiger partial charge is 0.278 e. The van der Waals surface area contributed by atoms with Crippen molar-refractivity contribution in [1.29, 1.82) is 0 Å². The number of hydrogen-bond donors (Lipinski definition) is 0. The lowest BCUT2D eigenvalue weighted by Gasteiger charge is -2.15. The SMILES string of the molecule is O=C1[C@@H]2C(c3cccc([N+](=O)[O-])c3)=NO[C@@H]2C(=O)N1c1ccc([N+](=O)[O-])cc1. The molecule has 1 saturated heterocycles. The largest absolute Gasteiger partial charge is 0.381 e. The van der Waals surface area contributed by atoms with Crippen LogP contribution in [-0.4, -0.2) is 33.5 Å². The van der Waals surface area contributed by atoms with Crippen molar-refractivity contribution in [3.8, 4) is 0 Å². The van der Waals surface area contributed by atoms with Crippen LogP contribution in [0.5, 0.6) is 0 Å². The molecule has 0 unspecified atom stereocenters. The standard InChI is InChI=1S/C17H10N4O7/c22-16-13-14(9-2-1-3-12(8-9)21(26)27)18-28-15(13)17(23)19(16)10-4-6-11(7-5-10)20(24)25/h1-8,13,15H/t13-,15+/m1/s1. The van der Waals surface area contributed by atoms with Gasteiger partial charge in [-0.05, 0) is 12.1 Å². The van der Waals surface area contributed by atoms with Gasteiger partial charge in [0, 0.05) is 29.8 Å². The minimum absolute atomic E-state index is 0.122. The van der Waals surface area contributed by atoms with Crippen molar-refractivity contribution in [1.82, 2.24) is 0 Å². The normalized spacial score (nSPS) is 20.6. The molecule has 2 aliphatic rings. The van der Waals surface area contributed by atoms with Crippen LogP contribution in [0.25, 0.3) is 0 Å². The Morgan fingerprint density at radius 1 is 0.929 bits per heavy atom. The van der Waals surface area contributed by atoms with Gasteiger partial charge in [-0.3, -0.25) is 29.8 Å². The number of hydrogen-bond acceptors (Lipinski definition) is 8. The lowest BCUT2D eigenvalue weighted by atomic mass is 9.94. The summed E-state index contributed by atoms with van der Waals surface area (Å²) in [7, 11) is 0. The van der Waals surface area contributed by atoms with Crippen molar-refractivity contribution in [2.75, 3.05) is 4.90 Å². The van der Waals surface area contributed by atoms with Crippen LogP contribution < -0.4 is 4.90 Å². The van der Waals surface area contributed by atoms with Gasteiger partial charge in [0.25, 0.3) is 17.3 Å². The first-order valence-corrected chi connectivity index (χ1v) is 7.99. The van der Waals surface area contributed by atoms with E-state index in [9.17, 15) is 29.8 Å². The van der Waals surface area contributed by atoms with Crippen molar-refractivity contribution in [2.24, 2.45) is 11.1 Å². The molecule has 28 heavy (non-hydrogen) atoms. The maximum absolute atomic E-state index is 12.9. The summed E-state index contributed by atoms with van der Waals surface area (Å²) in [5.74, 6) is -2.33. The second kappa shape index (κ2) is 6.23. The zero-order valence-corrected chi connectivity index (χ0v) is 13.9. The Bertz CT molecular complexity index is 1060. The first-order valence-electron chi connectivity index (χ1n) is 7.99. The molecule has 0 N–H and O–H groups in total. The topological polar surface area (TPSA) is 145 Å². The number of nitro benzene ring substituents is 2. The number of anilines is 1. The number of imide groups is 1. The first-order chi connectivity index (χ1) is 13.4. The Labute approximate surface area is 156 Å². The summed E-state index contributed by atoms with van der Waals surface area (Å²) in [5.41, 5.74) is 0.215. The van der Waals surface area contributed by atoms with Gasteiger partial charge in [0.1, 0.15) is 11.6 Å². The average molecular weight is 382 g/mol. The van der Waals surface area contributed by atoms with E-state index in [0.29, 0.717) is 5.56 Å². The molecule has 2 amide bonds. The predicted octanol–water partition coefficient (Wildman–Crippen LogP) is 1.80. The highest BCUT2D eigenvalue weighted by atomic mass is 16.7. The van der Waals surface area contributed by atoms with E-state index in [1.54, 1.807) is 0 Å². The van der Waals surface area contributed by atoms with Gasteiger partial charge < -0.3 is 4.84 Å². The Morgan fingerprint density at radius 3 is 2.25 bits per heavy atom. The monoisotopic (exact) mass is 382 g/mol. The summed E-state index contributed by atoms with van der Waals surface area (Å²) in [6, 6.07) is 10.5. The van der Waals surface area contributed by atoms with Crippen molar-refractivity contribution in [3.05, 3.63) is 74.3 Å². The molecule has 0 spiro atoms. The zero-order chi connectivity index (χ0) is 20.0. The average Bonchev–Trinajstić information content (AvgIpc) is 3.22. The minimum Gasteiger partial charge on any atom is -0.381 e. The van der Waals surface area contributed by atoms with Crippen molar-refractivity contribution < 1.29 is 24.3 Å². The van der Waals surface area contributed by atoms with Gasteiger partial charge in [0.2, 0.25) is 12.0 Å². The minimum atomic E-state index is -1.18. The lowest BCUT2D eigenvalue weighted by Crippen LogP contribution is -2.33. The van der Waals surface area contributed by atoms with Crippen LogP contribution in [-0.2, 0) is 14.4 Å². The van der Waals surface area contributed by atoms with Crippen molar-refractivity contribution in [3.63, 3.8) is 0 Å². The highest BCUT2D eigenvalue weighted by Crippen LogP contribution is 2.36. The number of oxime groups is 1. The summed E-state index contributed by atoms with van der Waals surface area (Å²) < 4.78 is 0. The van der Waals surface area contributed by atoms with E-state index in [1.807, 2.05) is 0 Å². The predicted molar refractivity (Wildman–Crippen MR) is 93.6 cm³/mol. The maximum atomic E-state index is 12.9. The molecule has 0 bridgehead atoms. The molecule has 11 heteroatoms. The van der Waals surface area contributed by atoms with E-state index in [0.717, 1.165) is 4.90 Å². The fraction of sp³-hybridized carbons (Fsp3) is 0.118. The van der Waals surface area contributed by atoms with Crippen molar-refractivity contribution in [2.45, 2.75) is 6.10 Å². The Morgan fingerprint density at radius 2 is 1.61 bits per heavy atom. The number of benzene rings is 2. The molecule has 0 aromatic heterocycles. The fourth-order valence-corrected chi connectivity index (χ4v) is 3.17. The van der Waals surface area contributed by atoms with Gasteiger partial charge >= 0.3 is 0 Å². The summed E-state index contributed by atoms with van der Waals surface area (Å²) in [6.45, 7) is 0. The number of carbonyl (C=O) groups is 2. The van der Waals surface area contributed by atoms with E-state index < -0.39 is 33.7 Å². The molecule has 2 aliphatic heterocycles. The van der Waals surface area contributed by atoms with Crippen LogP contribution in [0.2, 0.25) is 0 Å². The fourth-order valence-electron chi connectivity index (χ4n) is 3.17. The number of rotatable bonds is 4. The molecule has 2 aromatic carbocycles. The summed E-state index contributed by atoms with van der Waals surface area (Å²) in [4.78, 5) is 52.1. The van der Waals surface area contributed by atoms with Crippen LogP contribution in [0, 0.1) is 26.1 Å². The molecule has 0 aliphatic carbocycles. The van der Waals surface area contributed by atoms with Gasteiger partial charge in [0.15, 0.2) is 0 Å². The third-order valence-corrected chi connectivity index (χ3v) is 4.48. The number of nitrogens with zero attached hydrogens (tertiary/aromatic N) is 4. The second-order valence-corrected chi connectivity index (χ2v) is 6.07. The molecule has 1 fully saturated rings. The maximum Gasteiger partial charge on any atom is 0.278 e. The number of non-ortho nitro benzene ring substituents is 2. The van der Waals surface area contributed by atoms with Crippen LogP contribution in [0.3, 0.4) is 0 Å². The third kappa shape index (κ3) is 2.57. The van der Waals surface area contributed by atoms with Crippen LogP contribution >= 0.6 is 0 Å². The Kier molecular flexibility index (Phi) is 3.84. The van der Waals surface area contributed by atoms with Crippen molar-refractivity contribution >= 4 is 34.6 Å².